The van der Waals surface area contributed by atoms with Gasteiger partial charge in [0.05, 0.1) is 39.6 Å². The number of ether oxygens (including phenoxy) is 6. The second-order valence-corrected chi connectivity index (χ2v) is 18.0. The Hall–Kier alpha value is -4.53. The van der Waals surface area contributed by atoms with Gasteiger partial charge in [-0.1, -0.05) is 157 Å². The third-order valence-corrected chi connectivity index (χ3v) is 12.3. The summed E-state index contributed by atoms with van der Waals surface area (Å²) in [7, 11) is 0. The van der Waals surface area contributed by atoms with Crippen LogP contribution in [0.2, 0.25) is 0 Å². The lowest BCUT2D eigenvalue weighted by molar-refractivity contribution is 0.0483. The van der Waals surface area contributed by atoms with Gasteiger partial charge in [-0.3, -0.25) is 0 Å². The first kappa shape index (κ1) is 54.1. The fourth-order valence-electron chi connectivity index (χ4n) is 8.36. The molecule has 4 rings (SSSR count). The maximum absolute atomic E-state index is 14.1. The van der Waals surface area contributed by atoms with Gasteiger partial charge in [0.15, 0.2) is 0 Å². The predicted molar refractivity (Wildman–Crippen MR) is 271 cm³/mol. The lowest BCUT2D eigenvalue weighted by Crippen LogP contribution is -2.12. The number of rotatable bonds is 36. The van der Waals surface area contributed by atoms with Crippen molar-refractivity contribution in [3.05, 3.63) is 53.1 Å². The Labute approximate surface area is 397 Å². The monoisotopic (exact) mass is 913 g/mol. The summed E-state index contributed by atoms with van der Waals surface area (Å²) >= 11 is 0. The van der Waals surface area contributed by atoms with Crippen LogP contribution in [0.4, 0.5) is 0 Å². The van der Waals surface area contributed by atoms with Crippen LogP contribution in [0.15, 0.2) is 36.4 Å². The van der Waals surface area contributed by atoms with E-state index in [0.717, 1.165) is 186 Å². The summed E-state index contributed by atoms with van der Waals surface area (Å²) in [6.45, 7) is 15.3. The quantitative estimate of drug-likeness (QED) is 0.0191. The summed E-state index contributed by atoms with van der Waals surface area (Å²) in [6.07, 6.45) is 24.1. The van der Waals surface area contributed by atoms with Gasteiger partial charge in [-0.05, 0) is 107 Å². The minimum atomic E-state index is -0.444. The Bertz CT molecular complexity index is 1810. The molecule has 0 saturated heterocycles. The number of fused-ring (bicyclic) bond motifs is 6. The van der Waals surface area contributed by atoms with E-state index in [2.05, 4.69) is 41.5 Å². The summed E-state index contributed by atoms with van der Waals surface area (Å²) in [5, 5.41) is 4.58. The van der Waals surface area contributed by atoms with Gasteiger partial charge in [0.1, 0.15) is 33.9 Å². The van der Waals surface area contributed by atoms with Gasteiger partial charge >= 0.3 is 17.9 Å². The molecule has 0 aliphatic rings. The van der Waals surface area contributed by atoms with Crippen LogP contribution in [0.5, 0.6) is 17.2 Å². The molecule has 0 unspecified atom stereocenters. The molecular weight excluding hydrogens is 829 g/mol. The maximum atomic E-state index is 14.1. The van der Waals surface area contributed by atoms with Crippen molar-refractivity contribution >= 4 is 50.2 Å². The van der Waals surface area contributed by atoms with Crippen molar-refractivity contribution in [3.8, 4) is 17.2 Å². The number of benzene rings is 4. The molecule has 0 aliphatic carbocycles. The second kappa shape index (κ2) is 31.4. The molecule has 0 amide bonds. The molecule has 366 valence electrons. The van der Waals surface area contributed by atoms with Crippen LogP contribution in [-0.2, 0) is 14.2 Å². The summed E-state index contributed by atoms with van der Waals surface area (Å²) in [6, 6.07) is 11.4. The number of hydrogen-bond donors (Lipinski definition) is 0. The fraction of sp³-hybridized carbons (Fsp3) is 0.632. The molecule has 0 atom stereocenters. The van der Waals surface area contributed by atoms with Crippen molar-refractivity contribution in [2.45, 2.75) is 196 Å². The number of unbranched alkanes of at least 4 members (excludes halogenated alkanes) is 18. The van der Waals surface area contributed by atoms with Crippen LogP contribution >= 0.6 is 0 Å². The number of carbonyl (C=O) groups excluding carboxylic acids is 3. The average molecular weight is 913 g/mol. The van der Waals surface area contributed by atoms with E-state index in [0.29, 0.717) is 73.6 Å². The van der Waals surface area contributed by atoms with E-state index in [-0.39, 0.29) is 0 Å². The van der Waals surface area contributed by atoms with Gasteiger partial charge in [0, 0.05) is 0 Å². The predicted octanol–water partition coefficient (Wildman–Crippen LogP) is 16.2. The van der Waals surface area contributed by atoms with E-state index in [1.165, 1.54) is 0 Å². The van der Waals surface area contributed by atoms with E-state index < -0.39 is 17.9 Å². The third kappa shape index (κ3) is 17.0. The zero-order valence-electron chi connectivity index (χ0n) is 41.9. The van der Waals surface area contributed by atoms with E-state index in [9.17, 15) is 14.4 Å². The van der Waals surface area contributed by atoms with Crippen LogP contribution in [0.1, 0.15) is 227 Å². The molecule has 0 N–H and O–H groups in total. The first-order valence-electron chi connectivity index (χ1n) is 26.3. The van der Waals surface area contributed by atoms with Crippen LogP contribution in [0.25, 0.3) is 32.3 Å². The molecule has 0 heterocycles. The van der Waals surface area contributed by atoms with Gasteiger partial charge in [-0.15, -0.1) is 0 Å². The summed E-state index contributed by atoms with van der Waals surface area (Å²) < 4.78 is 37.3. The zero-order valence-corrected chi connectivity index (χ0v) is 41.9. The third-order valence-electron chi connectivity index (χ3n) is 12.3. The highest BCUT2D eigenvalue weighted by Crippen LogP contribution is 2.43. The molecule has 0 bridgehead atoms. The van der Waals surface area contributed by atoms with Crippen molar-refractivity contribution in [2.75, 3.05) is 39.6 Å². The molecular formula is C57H84O9. The van der Waals surface area contributed by atoms with Gasteiger partial charge in [-0.2, -0.15) is 0 Å². The van der Waals surface area contributed by atoms with Gasteiger partial charge < -0.3 is 28.4 Å². The molecule has 0 saturated carbocycles. The fourth-order valence-corrected chi connectivity index (χ4v) is 8.36. The van der Waals surface area contributed by atoms with Crippen molar-refractivity contribution in [2.24, 2.45) is 0 Å². The molecule has 4 aromatic carbocycles. The number of hydrogen-bond acceptors (Lipinski definition) is 9. The van der Waals surface area contributed by atoms with Gasteiger partial charge in [0.25, 0.3) is 0 Å². The molecule has 9 heteroatoms. The minimum absolute atomic E-state index is 0.319. The molecule has 0 fully saturated rings. The Morgan fingerprint density at radius 1 is 0.288 bits per heavy atom. The highest BCUT2D eigenvalue weighted by Gasteiger charge is 2.25. The first-order valence-corrected chi connectivity index (χ1v) is 26.3. The Morgan fingerprint density at radius 3 is 0.758 bits per heavy atom. The minimum Gasteiger partial charge on any atom is -0.493 e. The van der Waals surface area contributed by atoms with E-state index in [1.807, 2.05) is 36.4 Å². The lowest BCUT2D eigenvalue weighted by atomic mass is 9.90. The van der Waals surface area contributed by atoms with E-state index in [4.69, 9.17) is 28.4 Å². The number of esters is 3. The van der Waals surface area contributed by atoms with Gasteiger partial charge in [-0.25, -0.2) is 14.4 Å². The summed E-state index contributed by atoms with van der Waals surface area (Å²) in [4.78, 5) is 42.4. The number of carbonyl (C=O) groups is 3. The summed E-state index contributed by atoms with van der Waals surface area (Å²) in [5.74, 6) is -0.0365. The van der Waals surface area contributed by atoms with Crippen molar-refractivity contribution in [3.63, 3.8) is 0 Å². The largest absolute Gasteiger partial charge is 0.493 e. The zero-order chi connectivity index (χ0) is 47.4. The molecule has 66 heavy (non-hydrogen) atoms. The Balaban J connectivity index is 2.00. The van der Waals surface area contributed by atoms with Gasteiger partial charge in [0.2, 0.25) is 0 Å². The molecule has 0 aliphatic heterocycles. The topological polar surface area (TPSA) is 107 Å². The lowest BCUT2D eigenvalue weighted by Gasteiger charge is -2.20. The highest BCUT2D eigenvalue weighted by molar-refractivity contribution is 6.28. The molecule has 9 nitrogen and oxygen atoms in total. The highest BCUT2D eigenvalue weighted by atomic mass is 16.5. The van der Waals surface area contributed by atoms with Crippen LogP contribution in [-0.4, -0.2) is 57.5 Å². The Kier molecular flexibility index (Phi) is 25.8. The van der Waals surface area contributed by atoms with E-state index >= 15 is 0 Å². The Morgan fingerprint density at radius 2 is 0.500 bits per heavy atom. The van der Waals surface area contributed by atoms with Crippen molar-refractivity contribution < 1.29 is 42.8 Å². The van der Waals surface area contributed by atoms with Crippen LogP contribution in [0.3, 0.4) is 0 Å². The van der Waals surface area contributed by atoms with Crippen LogP contribution in [0, 0.1) is 0 Å². The SMILES string of the molecule is CCCCCCCOC(=O)c1cc2c(cc1OCCCCC)c1cc(C(=O)OCCCCCCC)c(OCCCCC)cc1c1cc(C(=O)OCCCCCCC)c(OCCCCC)cc21. The molecule has 0 radical (unpaired) electrons. The molecule has 0 spiro atoms. The second-order valence-electron chi connectivity index (χ2n) is 18.0. The van der Waals surface area contributed by atoms with E-state index in [1.54, 1.807) is 0 Å². The molecule has 0 aromatic heterocycles. The smallest absolute Gasteiger partial charge is 0.341 e. The van der Waals surface area contributed by atoms with Crippen LogP contribution < -0.4 is 14.2 Å². The van der Waals surface area contributed by atoms with Crippen molar-refractivity contribution in [1.29, 1.82) is 0 Å². The average Bonchev–Trinajstić information content (AvgIpc) is 3.33. The normalized spacial score (nSPS) is 11.4. The van der Waals surface area contributed by atoms with Crippen molar-refractivity contribution in [1.82, 2.24) is 0 Å². The summed E-state index contributed by atoms with van der Waals surface area (Å²) in [5.41, 5.74) is 1.01. The maximum Gasteiger partial charge on any atom is 0.341 e. The standard InChI is InChI=1S/C57H84O9/c1-7-13-19-22-28-34-64-55(58)49-37-43-46(40-52(49)61-31-25-16-10-4)44-38-50(56(59)65-35-29-23-20-14-8-2)54(63-33-27-18-12-6)42-48(44)45-39-51(57(60)66-36-30-24-21-15-9-3)53(41-47(43)45)62-32-26-17-11-5/h37-42H,7-36H2,1-6H3. The molecule has 4 aromatic rings. The first-order chi connectivity index (χ1) is 32.3.